The van der Waals surface area contributed by atoms with Gasteiger partial charge in [-0.3, -0.25) is 4.79 Å². The third kappa shape index (κ3) is 5.00. The van der Waals surface area contributed by atoms with Gasteiger partial charge < -0.3 is 18.6 Å². The molecule has 7 nitrogen and oxygen atoms in total. The Morgan fingerprint density at radius 1 is 1.14 bits per heavy atom. The van der Waals surface area contributed by atoms with Gasteiger partial charge in [0.05, 0.1) is 5.75 Å². The van der Waals surface area contributed by atoms with E-state index < -0.39 is 10.1 Å². The Bertz CT molecular complexity index is 988. The molecule has 0 N–H and O–H groups in total. The maximum absolute atomic E-state index is 13.2. The van der Waals surface area contributed by atoms with Gasteiger partial charge in [0, 0.05) is 18.2 Å². The van der Waals surface area contributed by atoms with Crippen LogP contribution < -0.4 is 13.7 Å². The van der Waals surface area contributed by atoms with Crippen LogP contribution in [-0.4, -0.2) is 37.8 Å². The van der Waals surface area contributed by atoms with Crippen molar-refractivity contribution in [1.82, 2.24) is 4.90 Å². The predicted molar refractivity (Wildman–Crippen MR) is 109 cm³/mol. The monoisotopic (exact) mass is 419 g/mol. The minimum atomic E-state index is -3.61. The molecule has 1 atom stereocenters. The molecule has 0 radical (unpaired) electrons. The van der Waals surface area contributed by atoms with E-state index in [-0.39, 0.29) is 30.2 Å². The largest absolute Gasteiger partial charge is 0.454 e. The fourth-order valence-electron chi connectivity index (χ4n) is 2.94. The Morgan fingerprint density at radius 3 is 2.62 bits per heavy atom. The predicted octanol–water partition coefficient (Wildman–Crippen LogP) is 3.58. The van der Waals surface area contributed by atoms with Gasteiger partial charge >= 0.3 is 10.1 Å². The second kappa shape index (κ2) is 8.73. The first kappa shape index (κ1) is 21.0. The summed E-state index contributed by atoms with van der Waals surface area (Å²) in [6.07, 6.45) is 0.775. The number of rotatable bonds is 8. The summed E-state index contributed by atoms with van der Waals surface area (Å²) < 4.78 is 39.3. The Balaban J connectivity index is 1.84. The Labute approximate surface area is 171 Å². The molecule has 0 bridgehead atoms. The van der Waals surface area contributed by atoms with Gasteiger partial charge in [-0.15, -0.1) is 0 Å². The highest BCUT2D eigenvalue weighted by molar-refractivity contribution is 7.87. The third-order valence-corrected chi connectivity index (χ3v) is 5.98. The van der Waals surface area contributed by atoms with E-state index in [4.69, 9.17) is 13.7 Å². The van der Waals surface area contributed by atoms with E-state index in [1.54, 1.807) is 41.3 Å². The van der Waals surface area contributed by atoms with Crippen molar-refractivity contribution < 1.29 is 26.9 Å². The van der Waals surface area contributed by atoms with Crippen LogP contribution in [0.3, 0.4) is 0 Å². The van der Waals surface area contributed by atoms with E-state index in [1.165, 1.54) is 6.92 Å². The summed E-state index contributed by atoms with van der Waals surface area (Å²) in [6, 6.07) is 11.9. The molecule has 0 spiro atoms. The van der Waals surface area contributed by atoms with Gasteiger partial charge in [-0.1, -0.05) is 19.1 Å². The maximum Gasteiger partial charge on any atom is 0.308 e. The molecule has 0 saturated heterocycles. The zero-order valence-electron chi connectivity index (χ0n) is 16.8. The molecule has 29 heavy (non-hydrogen) atoms. The van der Waals surface area contributed by atoms with Crippen LogP contribution in [0, 0.1) is 0 Å². The summed E-state index contributed by atoms with van der Waals surface area (Å²) in [4.78, 5) is 15.0. The molecule has 1 aliphatic heterocycles. The number of nitrogens with zero attached hydrogens (tertiary/aromatic N) is 1. The number of hydrogen-bond acceptors (Lipinski definition) is 6. The van der Waals surface area contributed by atoms with Crippen LogP contribution in [0.2, 0.25) is 0 Å². The molecule has 3 rings (SSSR count). The number of carbonyl (C=O) groups excluding carboxylic acids is 1. The van der Waals surface area contributed by atoms with Crippen LogP contribution in [0.5, 0.6) is 17.2 Å². The zero-order chi connectivity index (χ0) is 21.0. The first-order chi connectivity index (χ1) is 13.8. The van der Waals surface area contributed by atoms with Crippen LogP contribution in [0.25, 0.3) is 0 Å². The molecular weight excluding hydrogens is 394 g/mol. The van der Waals surface area contributed by atoms with E-state index in [0.29, 0.717) is 23.6 Å². The van der Waals surface area contributed by atoms with Gasteiger partial charge in [-0.05, 0) is 56.2 Å². The van der Waals surface area contributed by atoms with Gasteiger partial charge in [-0.2, -0.15) is 8.42 Å². The highest BCUT2D eigenvalue weighted by Gasteiger charge is 2.24. The molecule has 2 aromatic rings. The fraction of sp³-hybridized carbons (Fsp3) is 0.381. The van der Waals surface area contributed by atoms with Crippen molar-refractivity contribution >= 4 is 16.0 Å². The van der Waals surface area contributed by atoms with Crippen LogP contribution in [0.15, 0.2) is 42.5 Å². The molecule has 0 unspecified atom stereocenters. The van der Waals surface area contributed by atoms with Crippen LogP contribution in [0.1, 0.15) is 43.1 Å². The van der Waals surface area contributed by atoms with Crippen molar-refractivity contribution in [3.63, 3.8) is 0 Å². The molecule has 1 aliphatic rings. The van der Waals surface area contributed by atoms with Crippen LogP contribution >= 0.6 is 0 Å². The second-order valence-electron chi connectivity index (χ2n) is 6.84. The van der Waals surface area contributed by atoms with Gasteiger partial charge in [0.15, 0.2) is 11.5 Å². The summed E-state index contributed by atoms with van der Waals surface area (Å²) in [7, 11) is -3.61. The quantitative estimate of drug-likeness (QED) is 0.608. The average Bonchev–Trinajstić information content (AvgIpc) is 3.19. The number of carbonyl (C=O) groups is 1. The number of hydrogen-bond donors (Lipinski definition) is 0. The summed E-state index contributed by atoms with van der Waals surface area (Å²) in [5.74, 6) is 1.17. The third-order valence-electron chi connectivity index (χ3n) is 4.83. The summed E-state index contributed by atoms with van der Waals surface area (Å²) in [5.41, 5.74) is 1.29. The lowest BCUT2D eigenvalue weighted by atomic mass is 10.1. The first-order valence-electron chi connectivity index (χ1n) is 9.54. The summed E-state index contributed by atoms with van der Waals surface area (Å²) >= 11 is 0. The number of ether oxygens (including phenoxy) is 2. The zero-order valence-corrected chi connectivity index (χ0v) is 17.6. The van der Waals surface area contributed by atoms with Crippen molar-refractivity contribution in [3.8, 4) is 17.2 Å². The lowest BCUT2D eigenvalue weighted by Gasteiger charge is -2.29. The number of benzene rings is 2. The molecule has 0 saturated carbocycles. The number of amides is 1. The second-order valence-corrected chi connectivity index (χ2v) is 8.69. The first-order valence-corrected chi connectivity index (χ1v) is 11.1. The Hall–Kier alpha value is -2.74. The fourth-order valence-corrected chi connectivity index (χ4v) is 3.46. The standard InChI is InChI=1S/C21H25NO6S/c1-4-15(3)22(21(23)17-9-10-19-20(12-17)27-14-26-19)13-16-7-6-8-18(11-16)28-29(24,25)5-2/h6-12,15H,4-5,13-14H2,1-3H3/t15-/m0/s1. The molecule has 0 aromatic heterocycles. The minimum absolute atomic E-state index is 0.0168. The minimum Gasteiger partial charge on any atom is -0.454 e. The lowest BCUT2D eigenvalue weighted by Crippen LogP contribution is -2.37. The molecule has 1 heterocycles. The smallest absolute Gasteiger partial charge is 0.308 e. The summed E-state index contributed by atoms with van der Waals surface area (Å²) in [5, 5.41) is 0. The highest BCUT2D eigenvalue weighted by atomic mass is 32.2. The molecule has 2 aromatic carbocycles. The molecule has 156 valence electrons. The molecule has 1 amide bonds. The molecule has 8 heteroatoms. The number of fused-ring (bicyclic) bond motifs is 1. The highest BCUT2D eigenvalue weighted by Crippen LogP contribution is 2.33. The molecular formula is C21H25NO6S. The van der Waals surface area contributed by atoms with Crippen molar-refractivity contribution in [2.75, 3.05) is 12.5 Å². The van der Waals surface area contributed by atoms with Gasteiger partial charge in [0.2, 0.25) is 6.79 Å². The molecule has 0 fully saturated rings. The normalized spacial score (nSPS) is 13.8. The lowest BCUT2D eigenvalue weighted by molar-refractivity contribution is 0.0671. The van der Waals surface area contributed by atoms with E-state index in [1.807, 2.05) is 19.9 Å². The topological polar surface area (TPSA) is 82.1 Å². The Kier molecular flexibility index (Phi) is 6.32. The van der Waals surface area contributed by atoms with E-state index >= 15 is 0 Å². The van der Waals surface area contributed by atoms with E-state index in [2.05, 4.69) is 0 Å². The van der Waals surface area contributed by atoms with Crippen molar-refractivity contribution in [2.24, 2.45) is 0 Å². The maximum atomic E-state index is 13.2. The van der Waals surface area contributed by atoms with E-state index in [0.717, 1.165) is 12.0 Å². The van der Waals surface area contributed by atoms with Crippen LogP contribution in [-0.2, 0) is 16.7 Å². The van der Waals surface area contributed by atoms with Crippen LogP contribution in [0.4, 0.5) is 0 Å². The van der Waals surface area contributed by atoms with Crippen molar-refractivity contribution in [1.29, 1.82) is 0 Å². The SMILES string of the molecule is CC[C@H](C)N(Cc1cccc(OS(=O)(=O)CC)c1)C(=O)c1ccc2c(c1)OCO2. The van der Waals surface area contributed by atoms with Crippen molar-refractivity contribution in [3.05, 3.63) is 53.6 Å². The van der Waals surface area contributed by atoms with Gasteiger partial charge in [0.1, 0.15) is 5.75 Å². The summed E-state index contributed by atoms with van der Waals surface area (Å²) in [6.45, 7) is 5.99. The molecule has 0 aliphatic carbocycles. The van der Waals surface area contributed by atoms with Crippen molar-refractivity contribution in [2.45, 2.75) is 39.8 Å². The van der Waals surface area contributed by atoms with Gasteiger partial charge in [-0.25, -0.2) is 0 Å². The average molecular weight is 419 g/mol. The Morgan fingerprint density at radius 2 is 1.90 bits per heavy atom. The van der Waals surface area contributed by atoms with Gasteiger partial charge in [0.25, 0.3) is 5.91 Å². The van der Waals surface area contributed by atoms with E-state index in [9.17, 15) is 13.2 Å².